The molecule has 1 heterocycles. The molecule has 12 aromatic carbocycles. The second kappa shape index (κ2) is 14.7. The minimum atomic E-state index is -0.458. The molecule has 2 aliphatic rings. The molecule has 1 nitrogen and oxygen atoms in total. The summed E-state index contributed by atoms with van der Waals surface area (Å²) in [6.45, 7) is 0. The Morgan fingerprint density at radius 3 is 1.35 bits per heavy atom. The van der Waals surface area contributed by atoms with Gasteiger partial charge in [-0.25, -0.2) is 0 Å². The van der Waals surface area contributed by atoms with Crippen molar-refractivity contribution >= 4 is 80.9 Å². The number of benzene rings is 12. The van der Waals surface area contributed by atoms with Gasteiger partial charge in [0.05, 0.1) is 11.1 Å². The lowest BCUT2D eigenvalue weighted by atomic mass is 9.70. The van der Waals surface area contributed by atoms with E-state index in [0.29, 0.717) is 0 Å². The molecule has 0 atom stereocenters. The molecule has 2 aliphatic carbocycles. The van der Waals surface area contributed by atoms with Crippen LogP contribution in [0, 0.1) is 0 Å². The van der Waals surface area contributed by atoms with Crippen molar-refractivity contribution in [3.05, 3.63) is 271 Å². The predicted octanol–water partition coefficient (Wildman–Crippen LogP) is 18.7. The van der Waals surface area contributed by atoms with Gasteiger partial charge in [0, 0.05) is 36.9 Å². The molecular weight excluding hydrogens is 851 g/mol. The first kappa shape index (κ1) is 38.5. The highest BCUT2D eigenvalue weighted by molar-refractivity contribution is 7.25. The van der Waals surface area contributed by atoms with Crippen LogP contribution < -0.4 is 4.90 Å². The first-order valence-electron chi connectivity index (χ1n) is 23.9. The van der Waals surface area contributed by atoms with Gasteiger partial charge in [-0.2, -0.15) is 0 Å². The highest BCUT2D eigenvalue weighted by Gasteiger charge is 2.51. The van der Waals surface area contributed by atoms with E-state index in [1.54, 1.807) is 0 Å². The molecule has 0 saturated heterocycles. The summed E-state index contributed by atoms with van der Waals surface area (Å²) in [5, 5.41) is 10.2. The van der Waals surface area contributed by atoms with Crippen LogP contribution in [0.15, 0.2) is 249 Å². The van der Waals surface area contributed by atoms with Gasteiger partial charge in [0.15, 0.2) is 0 Å². The lowest BCUT2D eigenvalue weighted by molar-refractivity contribution is 0.793. The molecule has 0 radical (unpaired) electrons. The zero-order chi connectivity index (χ0) is 45.2. The standard InChI is InChI=1S/C67H41NS/c1-2-16-50-48(15-1)49-17-3-4-21-55(49)65-56(50)24-13-28-62(65)68(45-37-35-43(36-38-45)42-31-33-44(34-32-42)47-23-14-30-64-66(47)57-22-8-12-29-63(57)69-64)46-39-40-54-53-20-7-11-27-60(53)67(61(54)41-46)58-25-9-5-18-51(58)52-19-6-10-26-59(52)67/h1-41H. The Kier molecular flexibility index (Phi) is 8.22. The van der Waals surface area contributed by atoms with Crippen LogP contribution in [0.4, 0.5) is 17.1 Å². The van der Waals surface area contributed by atoms with Crippen LogP contribution in [0.25, 0.3) is 97.0 Å². The Morgan fingerprint density at radius 2 is 0.710 bits per heavy atom. The average molecular weight is 892 g/mol. The molecule has 13 aromatic rings. The summed E-state index contributed by atoms with van der Waals surface area (Å²) < 4.78 is 2.65. The van der Waals surface area contributed by atoms with Gasteiger partial charge in [-0.05, 0) is 136 Å². The van der Waals surface area contributed by atoms with Crippen molar-refractivity contribution in [1.29, 1.82) is 0 Å². The van der Waals surface area contributed by atoms with Gasteiger partial charge < -0.3 is 4.90 Å². The van der Waals surface area contributed by atoms with Crippen molar-refractivity contribution in [2.75, 3.05) is 4.90 Å². The molecule has 2 heteroatoms. The van der Waals surface area contributed by atoms with E-state index in [-0.39, 0.29) is 0 Å². The van der Waals surface area contributed by atoms with E-state index < -0.39 is 5.41 Å². The van der Waals surface area contributed by atoms with Gasteiger partial charge in [-0.3, -0.25) is 0 Å². The molecule has 0 saturated carbocycles. The lowest BCUT2D eigenvalue weighted by Gasteiger charge is -2.32. The van der Waals surface area contributed by atoms with Crippen molar-refractivity contribution in [2.24, 2.45) is 0 Å². The maximum absolute atomic E-state index is 2.52. The molecule has 0 bridgehead atoms. The Morgan fingerprint density at radius 1 is 0.275 bits per heavy atom. The van der Waals surface area contributed by atoms with Crippen LogP contribution in [-0.4, -0.2) is 0 Å². The Hall–Kier alpha value is -8.56. The highest BCUT2D eigenvalue weighted by atomic mass is 32.1. The topological polar surface area (TPSA) is 3.24 Å². The Balaban J connectivity index is 0.930. The number of rotatable bonds is 5. The van der Waals surface area contributed by atoms with E-state index in [2.05, 4.69) is 254 Å². The molecule has 1 aromatic heterocycles. The molecule has 0 aliphatic heterocycles. The van der Waals surface area contributed by atoms with Gasteiger partial charge in [-0.15, -0.1) is 11.3 Å². The fourth-order valence-corrected chi connectivity index (χ4v) is 13.6. The van der Waals surface area contributed by atoms with Crippen molar-refractivity contribution in [3.8, 4) is 44.5 Å². The second-order valence-electron chi connectivity index (χ2n) is 18.6. The second-order valence-corrected chi connectivity index (χ2v) is 19.7. The lowest BCUT2D eigenvalue weighted by Crippen LogP contribution is -2.26. The quantitative estimate of drug-likeness (QED) is 0.156. The van der Waals surface area contributed by atoms with Gasteiger partial charge in [0.1, 0.15) is 0 Å². The summed E-state index contributed by atoms with van der Waals surface area (Å²) in [6.07, 6.45) is 0. The van der Waals surface area contributed by atoms with Crippen molar-refractivity contribution in [1.82, 2.24) is 0 Å². The largest absolute Gasteiger partial charge is 0.310 e. The van der Waals surface area contributed by atoms with Crippen LogP contribution in [0.1, 0.15) is 22.3 Å². The zero-order valence-corrected chi connectivity index (χ0v) is 38.3. The first-order chi connectivity index (χ1) is 34.2. The Bertz CT molecular complexity index is 4140. The SMILES string of the molecule is c1ccc2c(c1)-c1ccccc1C21c2ccccc2-c2ccc(N(c3ccc(-c4ccc(-c5cccc6sc7ccccc7c56)cc4)cc3)c3cccc4c5ccccc5c5ccccc5c34)cc21. The number of nitrogens with zero attached hydrogens (tertiary/aromatic N) is 1. The van der Waals surface area contributed by atoms with Gasteiger partial charge in [-0.1, -0.05) is 206 Å². The molecule has 0 N–H and O–H groups in total. The molecule has 1 spiro atoms. The Labute approximate surface area is 404 Å². The van der Waals surface area contributed by atoms with E-state index in [4.69, 9.17) is 0 Å². The van der Waals surface area contributed by atoms with E-state index in [0.717, 1.165) is 17.1 Å². The first-order valence-corrected chi connectivity index (χ1v) is 24.7. The number of anilines is 3. The average Bonchev–Trinajstić information content (AvgIpc) is 4.06. The maximum Gasteiger partial charge on any atom is 0.0726 e. The summed E-state index contributed by atoms with van der Waals surface area (Å²) in [5.41, 5.74) is 18.4. The number of thiophene rings is 1. The minimum absolute atomic E-state index is 0.458. The third kappa shape index (κ3) is 5.41. The molecule has 0 fully saturated rings. The third-order valence-electron chi connectivity index (χ3n) is 15.3. The zero-order valence-electron chi connectivity index (χ0n) is 37.5. The normalized spacial score (nSPS) is 13.0. The fraction of sp³-hybridized carbons (Fsp3) is 0.0149. The number of fused-ring (bicyclic) bond motifs is 19. The summed E-state index contributed by atoms with van der Waals surface area (Å²) >= 11 is 1.87. The van der Waals surface area contributed by atoms with E-state index in [1.807, 2.05) is 11.3 Å². The predicted molar refractivity (Wildman–Crippen MR) is 294 cm³/mol. The van der Waals surface area contributed by atoms with E-state index in [9.17, 15) is 0 Å². The van der Waals surface area contributed by atoms with Gasteiger partial charge >= 0.3 is 0 Å². The molecular formula is C67H41NS. The smallest absolute Gasteiger partial charge is 0.0726 e. The molecule has 15 rings (SSSR count). The molecule has 320 valence electrons. The molecule has 0 unspecified atom stereocenters. The monoisotopic (exact) mass is 891 g/mol. The van der Waals surface area contributed by atoms with Crippen LogP contribution in [0.5, 0.6) is 0 Å². The summed E-state index contributed by atoms with van der Waals surface area (Å²) in [5.74, 6) is 0. The molecule has 69 heavy (non-hydrogen) atoms. The summed E-state index contributed by atoms with van der Waals surface area (Å²) in [4.78, 5) is 2.52. The third-order valence-corrected chi connectivity index (χ3v) is 16.4. The fourth-order valence-electron chi connectivity index (χ4n) is 12.4. The van der Waals surface area contributed by atoms with Crippen molar-refractivity contribution in [2.45, 2.75) is 5.41 Å². The highest BCUT2D eigenvalue weighted by Crippen LogP contribution is 2.63. The summed E-state index contributed by atoms with van der Waals surface area (Å²) in [7, 11) is 0. The van der Waals surface area contributed by atoms with Crippen molar-refractivity contribution in [3.63, 3.8) is 0 Å². The van der Waals surface area contributed by atoms with Crippen LogP contribution >= 0.6 is 11.3 Å². The number of hydrogen-bond donors (Lipinski definition) is 0. The molecule has 0 amide bonds. The van der Waals surface area contributed by atoms with Crippen LogP contribution in [-0.2, 0) is 5.41 Å². The van der Waals surface area contributed by atoms with Crippen LogP contribution in [0.2, 0.25) is 0 Å². The summed E-state index contributed by atoms with van der Waals surface area (Å²) in [6, 6.07) is 93.1. The van der Waals surface area contributed by atoms with Gasteiger partial charge in [0.25, 0.3) is 0 Å². The number of hydrogen-bond acceptors (Lipinski definition) is 2. The van der Waals surface area contributed by atoms with Gasteiger partial charge in [0.2, 0.25) is 0 Å². The minimum Gasteiger partial charge on any atom is -0.310 e. The maximum atomic E-state index is 2.52. The van der Waals surface area contributed by atoms with E-state index >= 15 is 0 Å². The van der Waals surface area contributed by atoms with Crippen molar-refractivity contribution < 1.29 is 0 Å². The van der Waals surface area contributed by atoms with E-state index in [1.165, 1.54) is 119 Å². The van der Waals surface area contributed by atoms with Crippen LogP contribution in [0.3, 0.4) is 0 Å².